The largest absolute Gasteiger partial charge is 0.265 e. The van der Waals surface area contributed by atoms with Crippen LogP contribution in [0.5, 0.6) is 0 Å². The highest BCUT2D eigenvalue weighted by atomic mass is 15.0. The molecule has 5 heteroatoms. The van der Waals surface area contributed by atoms with Crippen LogP contribution in [0, 0.1) is 29.1 Å². The van der Waals surface area contributed by atoms with E-state index in [-0.39, 0.29) is 0 Å². The first-order valence-electron chi connectivity index (χ1n) is 21.2. The van der Waals surface area contributed by atoms with Crippen LogP contribution in [0.3, 0.4) is 0 Å². The molecular formula is C55H43N5. The number of aromatic nitrogens is 4. The lowest BCUT2D eigenvalue weighted by Gasteiger charge is -2.57. The zero-order chi connectivity index (χ0) is 40.0. The fourth-order valence-electron chi connectivity index (χ4n) is 10.9. The van der Waals surface area contributed by atoms with Gasteiger partial charge >= 0.3 is 0 Å². The van der Waals surface area contributed by atoms with Crippen LogP contribution in [0.2, 0.25) is 0 Å². The van der Waals surface area contributed by atoms with E-state index in [9.17, 15) is 5.26 Å². The van der Waals surface area contributed by atoms with Gasteiger partial charge in [0.2, 0.25) is 0 Å². The van der Waals surface area contributed by atoms with Gasteiger partial charge in [0.05, 0.1) is 11.6 Å². The molecule has 2 aromatic heterocycles. The summed E-state index contributed by atoms with van der Waals surface area (Å²) < 4.78 is 0. The van der Waals surface area contributed by atoms with Crippen molar-refractivity contribution in [2.45, 2.75) is 43.9 Å². The van der Waals surface area contributed by atoms with Crippen molar-refractivity contribution in [2.24, 2.45) is 17.8 Å². The molecule has 0 atom stereocenters. The van der Waals surface area contributed by atoms with Gasteiger partial charge in [-0.1, -0.05) is 103 Å². The standard InChI is InChI=1S/C55H43N5/c56-35-36-12-14-41(15-13-36)48-29-49(46-10-4-8-44(27-46)40-6-2-1-3-7-40)31-50(30-48)54-59-52(58-53(60-54)47-11-5-9-45(28-47)42-20-22-57-23-21-42)43-16-18-51(19-17-43)55-32-37-24-38(33-55)26-39(25-37)34-55/h1-23,27-31,37-39H,24-26,32-34H2/t37-,38+,39-,55?. The van der Waals surface area contributed by atoms with Crippen molar-refractivity contribution in [2.75, 3.05) is 0 Å². The third kappa shape index (κ3) is 6.88. The fourth-order valence-corrected chi connectivity index (χ4v) is 10.9. The molecule has 4 fully saturated rings. The first-order chi connectivity index (χ1) is 29.5. The first-order valence-corrected chi connectivity index (χ1v) is 21.2. The second-order valence-corrected chi connectivity index (χ2v) is 17.3. The molecule has 4 bridgehead atoms. The Kier molecular flexibility index (Phi) is 9.00. The topological polar surface area (TPSA) is 75.3 Å². The van der Waals surface area contributed by atoms with Gasteiger partial charge in [-0.2, -0.15) is 5.26 Å². The first kappa shape index (κ1) is 36.1. The summed E-state index contributed by atoms with van der Waals surface area (Å²) >= 11 is 0. The zero-order valence-corrected chi connectivity index (χ0v) is 33.4. The number of hydrogen-bond donors (Lipinski definition) is 0. The maximum Gasteiger partial charge on any atom is 0.164 e. The number of nitrogens with zero attached hydrogens (tertiary/aromatic N) is 5. The quantitative estimate of drug-likeness (QED) is 0.154. The minimum atomic E-state index is 0.316. The van der Waals surface area contributed by atoms with Gasteiger partial charge in [0, 0.05) is 29.1 Å². The zero-order valence-electron chi connectivity index (χ0n) is 33.4. The van der Waals surface area contributed by atoms with E-state index >= 15 is 0 Å². The minimum Gasteiger partial charge on any atom is -0.265 e. The number of rotatable bonds is 8. The van der Waals surface area contributed by atoms with Gasteiger partial charge in [-0.15, -0.1) is 0 Å². The van der Waals surface area contributed by atoms with Crippen LogP contribution in [-0.4, -0.2) is 19.9 Å². The van der Waals surface area contributed by atoms with E-state index in [0.717, 1.165) is 79.0 Å². The molecule has 288 valence electrons. The van der Waals surface area contributed by atoms with Gasteiger partial charge in [-0.05, 0) is 166 Å². The smallest absolute Gasteiger partial charge is 0.164 e. The highest BCUT2D eigenvalue weighted by Gasteiger charge is 2.51. The molecule has 8 aromatic rings. The number of nitriles is 1. The van der Waals surface area contributed by atoms with E-state index in [1.165, 1.54) is 44.1 Å². The second kappa shape index (κ2) is 15.0. The van der Waals surface area contributed by atoms with Gasteiger partial charge in [-0.25, -0.2) is 15.0 Å². The Morgan fingerprint density at radius 3 is 1.45 bits per heavy atom. The number of benzene rings is 6. The molecule has 0 unspecified atom stereocenters. The van der Waals surface area contributed by atoms with E-state index in [0.29, 0.717) is 28.5 Å². The Labute approximate surface area is 351 Å². The van der Waals surface area contributed by atoms with Gasteiger partial charge in [0.25, 0.3) is 0 Å². The third-order valence-corrected chi connectivity index (χ3v) is 13.4. The second-order valence-electron chi connectivity index (χ2n) is 17.3. The predicted molar refractivity (Wildman–Crippen MR) is 240 cm³/mol. The molecule has 0 aliphatic heterocycles. The lowest BCUT2D eigenvalue weighted by Crippen LogP contribution is -2.48. The highest BCUT2D eigenvalue weighted by molar-refractivity contribution is 5.82. The van der Waals surface area contributed by atoms with Crippen molar-refractivity contribution in [3.05, 3.63) is 181 Å². The molecule has 0 amide bonds. The molecule has 4 aliphatic carbocycles. The molecule has 4 aliphatic rings. The molecule has 4 saturated carbocycles. The summed E-state index contributed by atoms with van der Waals surface area (Å²) in [6.07, 6.45) is 11.9. The van der Waals surface area contributed by atoms with E-state index in [4.69, 9.17) is 15.0 Å². The molecule has 2 heterocycles. The minimum absolute atomic E-state index is 0.316. The fraction of sp³-hybridized carbons (Fsp3) is 0.182. The molecule has 0 N–H and O–H groups in total. The van der Waals surface area contributed by atoms with Crippen molar-refractivity contribution in [3.8, 4) is 84.7 Å². The molecule has 12 rings (SSSR count). The average Bonchev–Trinajstić information content (AvgIpc) is 3.31. The Morgan fingerprint density at radius 2 is 0.833 bits per heavy atom. The monoisotopic (exact) mass is 773 g/mol. The maximum absolute atomic E-state index is 9.58. The van der Waals surface area contributed by atoms with Crippen LogP contribution in [0.4, 0.5) is 0 Å². The summed E-state index contributed by atoms with van der Waals surface area (Å²) in [5.41, 5.74) is 13.8. The van der Waals surface area contributed by atoms with Gasteiger partial charge in [0.15, 0.2) is 17.5 Å². The molecule has 0 spiro atoms. The summed E-state index contributed by atoms with van der Waals surface area (Å²) in [6, 6.07) is 57.5. The summed E-state index contributed by atoms with van der Waals surface area (Å²) in [6.45, 7) is 0. The summed E-state index contributed by atoms with van der Waals surface area (Å²) in [7, 11) is 0. The highest BCUT2D eigenvalue weighted by Crippen LogP contribution is 2.60. The molecule has 0 radical (unpaired) electrons. The molecule has 60 heavy (non-hydrogen) atoms. The van der Waals surface area contributed by atoms with Crippen LogP contribution in [0.1, 0.15) is 49.7 Å². The van der Waals surface area contributed by atoms with Crippen molar-refractivity contribution < 1.29 is 0 Å². The van der Waals surface area contributed by atoms with Crippen LogP contribution in [-0.2, 0) is 5.41 Å². The van der Waals surface area contributed by atoms with Crippen LogP contribution < -0.4 is 0 Å². The molecule has 6 aromatic carbocycles. The van der Waals surface area contributed by atoms with E-state index in [2.05, 4.69) is 126 Å². The Balaban J connectivity index is 1.06. The average molecular weight is 774 g/mol. The maximum atomic E-state index is 9.58. The SMILES string of the molecule is N#Cc1ccc(-c2cc(-c3cccc(-c4ccccc4)c3)cc(-c3nc(-c4ccc(C56C[C@H]7C[C@@H](C5)C[C@@H](C6)C7)cc4)nc(-c4cccc(-c5ccncc5)c4)n3)c2)cc1. The Bertz CT molecular complexity index is 2860. The van der Waals surface area contributed by atoms with Crippen molar-refractivity contribution >= 4 is 0 Å². The summed E-state index contributed by atoms with van der Waals surface area (Å²) in [5, 5.41) is 9.58. The molecule has 5 nitrogen and oxygen atoms in total. The lowest BCUT2D eigenvalue weighted by atomic mass is 9.48. The van der Waals surface area contributed by atoms with Crippen molar-refractivity contribution in [1.29, 1.82) is 5.26 Å². The van der Waals surface area contributed by atoms with E-state index < -0.39 is 0 Å². The van der Waals surface area contributed by atoms with Gasteiger partial charge in [0.1, 0.15) is 0 Å². The van der Waals surface area contributed by atoms with Crippen molar-refractivity contribution in [3.63, 3.8) is 0 Å². The molecular weight excluding hydrogens is 731 g/mol. The van der Waals surface area contributed by atoms with E-state index in [1.807, 2.05) is 54.9 Å². The number of hydrogen-bond acceptors (Lipinski definition) is 5. The van der Waals surface area contributed by atoms with Gasteiger partial charge < -0.3 is 0 Å². The van der Waals surface area contributed by atoms with Crippen LogP contribution >= 0.6 is 0 Å². The van der Waals surface area contributed by atoms with Crippen molar-refractivity contribution in [1.82, 2.24) is 19.9 Å². The van der Waals surface area contributed by atoms with Crippen LogP contribution in [0.25, 0.3) is 78.7 Å². The normalized spacial score (nSPS) is 20.1. The third-order valence-electron chi connectivity index (χ3n) is 13.4. The lowest BCUT2D eigenvalue weighted by molar-refractivity contribution is -0.00518. The summed E-state index contributed by atoms with van der Waals surface area (Å²) in [4.78, 5) is 20.0. The molecule has 0 saturated heterocycles. The number of pyridine rings is 1. The summed E-state index contributed by atoms with van der Waals surface area (Å²) in [5.74, 6) is 4.53. The Hall–Kier alpha value is -7.03. The van der Waals surface area contributed by atoms with Crippen LogP contribution in [0.15, 0.2) is 170 Å². The Morgan fingerprint density at radius 1 is 0.400 bits per heavy atom. The predicted octanol–water partition coefficient (Wildman–Crippen LogP) is 13.3. The van der Waals surface area contributed by atoms with E-state index in [1.54, 1.807) is 0 Å². The van der Waals surface area contributed by atoms with Gasteiger partial charge in [-0.3, -0.25) is 4.98 Å².